The molecule has 0 rings (SSSR count). The van der Waals surface area contributed by atoms with Crippen LogP contribution in [-0.4, -0.2) is 0 Å². The Balaban J connectivity index is -0.0000000200. The first-order chi connectivity index (χ1) is 1.41. The second-order valence-corrected chi connectivity index (χ2v) is 0.577. The third-order valence-electron chi connectivity index (χ3n) is 0. The number of halogens is 1. The molecule has 2 heteroatoms. The van der Waals surface area contributed by atoms with Crippen LogP contribution in [0.25, 0.3) is 0 Å². The summed E-state index contributed by atoms with van der Waals surface area (Å²) in [5, 5.41) is 0. The average Bonchev–Trinajstić information content (AvgIpc) is 0.918. The topological polar surface area (TPSA) is 0 Å². The van der Waals surface area contributed by atoms with Crippen molar-refractivity contribution in [3.05, 3.63) is 6.42 Å². The fourth-order valence-electron chi connectivity index (χ4n) is 0. The summed E-state index contributed by atoms with van der Waals surface area (Å²) in [4.78, 5) is 0. The third-order valence-corrected chi connectivity index (χ3v) is 0. The Morgan fingerprint density at radius 2 is 1.20 bits per heavy atom. The molecule has 0 saturated carbocycles. The molecule has 0 bridgehead atoms. The van der Waals surface area contributed by atoms with E-state index in [0.29, 0.717) is 0 Å². The summed E-state index contributed by atoms with van der Waals surface area (Å²) in [5.41, 5.74) is 0. The summed E-state index contributed by atoms with van der Waals surface area (Å²) >= 11 is 0. The van der Waals surface area contributed by atoms with E-state index in [-0.39, 0.29) is 29.5 Å². The van der Waals surface area contributed by atoms with Gasteiger partial charge in [-0.1, -0.05) is 0 Å². The second kappa shape index (κ2) is 21.3. The van der Waals surface area contributed by atoms with Crippen LogP contribution in [0.1, 0.15) is 13.8 Å². The predicted molar refractivity (Wildman–Crippen MR) is 15.6 cm³/mol. The normalized spacial score (nSPS) is 3.60. The molecule has 0 aliphatic carbocycles. The van der Waals surface area contributed by atoms with E-state index in [9.17, 15) is 0 Å². The standard InChI is InChI=1S/C3H7.ClH.Mn/c1-3-2;;/h3H,1-2H3;1H;/q-1;;+2/p-1. The molecule has 1 radical (unpaired) electrons. The number of hydrogen-bond acceptors (Lipinski definition) is 0. The fraction of sp³-hybridized carbons (Fsp3) is 0.667. The monoisotopic (exact) mass is 133 g/mol. The van der Waals surface area contributed by atoms with E-state index in [2.05, 4.69) is 0 Å². The summed E-state index contributed by atoms with van der Waals surface area (Å²) in [5.74, 6) is 0. The maximum Gasteiger partial charge on any atom is 2.00 e. The largest absolute Gasteiger partial charge is 2.00 e. The van der Waals surface area contributed by atoms with Gasteiger partial charge in [-0.25, -0.2) is 0 Å². The van der Waals surface area contributed by atoms with Gasteiger partial charge in [0, 0.05) is 0 Å². The molecule has 0 aromatic carbocycles. The van der Waals surface area contributed by atoms with E-state index in [4.69, 9.17) is 0 Å². The third kappa shape index (κ3) is 57.9. The molecule has 0 aliphatic heterocycles. The van der Waals surface area contributed by atoms with Crippen molar-refractivity contribution in [2.45, 2.75) is 13.8 Å². The molecular weight excluding hydrogens is 126 g/mol. The molecule has 0 spiro atoms. The van der Waals surface area contributed by atoms with Crippen LogP contribution in [0.15, 0.2) is 0 Å². The first-order valence-electron chi connectivity index (χ1n) is 1.15. The fourth-order valence-corrected chi connectivity index (χ4v) is 0. The zero-order chi connectivity index (χ0) is 2.71. The van der Waals surface area contributed by atoms with Crippen LogP contribution in [0.5, 0.6) is 0 Å². The van der Waals surface area contributed by atoms with Crippen LogP contribution < -0.4 is 12.4 Å². The molecule has 0 atom stereocenters. The Bertz CT molecular complexity index is 6.85. The Labute approximate surface area is 50.2 Å². The zero-order valence-electron chi connectivity index (χ0n) is 3.33. The van der Waals surface area contributed by atoms with Crippen molar-refractivity contribution >= 4 is 0 Å². The molecule has 5 heavy (non-hydrogen) atoms. The molecule has 33 valence electrons. The van der Waals surface area contributed by atoms with Gasteiger partial charge in [-0.3, -0.25) is 0 Å². The van der Waals surface area contributed by atoms with Gasteiger partial charge in [-0.05, 0) is 0 Å². The average molecular weight is 133 g/mol. The molecule has 0 heterocycles. The molecule has 0 fully saturated rings. The summed E-state index contributed by atoms with van der Waals surface area (Å²) in [6, 6.07) is 0. The van der Waals surface area contributed by atoms with Gasteiger partial charge in [0.15, 0.2) is 0 Å². The van der Waals surface area contributed by atoms with Gasteiger partial charge in [-0.2, -0.15) is 13.8 Å². The smallest absolute Gasteiger partial charge is 1.00 e. The summed E-state index contributed by atoms with van der Waals surface area (Å²) in [6.45, 7) is 4.00. The van der Waals surface area contributed by atoms with Gasteiger partial charge in [0.25, 0.3) is 0 Å². The van der Waals surface area contributed by atoms with Crippen molar-refractivity contribution in [2.75, 3.05) is 0 Å². The van der Waals surface area contributed by atoms with E-state index in [1.54, 1.807) is 0 Å². The predicted octanol–water partition coefficient (Wildman–Crippen LogP) is -1.77. The maximum absolute atomic E-state index is 2.00. The van der Waals surface area contributed by atoms with Gasteiger partial charge in [0.1, 0.15) is 0 Å². The van der Waals surface area contributed by atoms with Crippen LogP contribution in [-0.2, 0) is 17.1 Å². The number of rotatable bonds is 0. The van der Waals surface area contributed by atoms with Crippen molar-refractivity contribution in [3.8, 4) is 0 Å². The van der Waals surface area contributed by atoms with E-state index in [0.717, 1.165) is 0 Å². The van der Waals surface area contributed by atoms with Crippen LogP contribution in [0, 0.1) is 6.42 Å². The quantitative estimate of drug-likeness (QED) is 0.271. The molecule has 0 aromatic rings. The van der Waals surface area contributed by atoms with Crippen LogP contribution >= 0.6 is 0 Å². The van der Waals surface area contributed by atoms with E-state index in [1.165, 1.54) is 0 Å². The molecular formula is C3H7ClMn. The van der Waals surface area contributed by atoms with Gasteiger partial charge < -0.3 is 18.8 Å². The van der Waals surface area contributed by atoms with Gasteiger partial charge in [0.2, 0.25) is 0 Å². The zero-order valence-corrected chi connectivity index (χ0v) is 5.27. The van der Waals surface area contributed by atoms with E-state index < -0.39 is 0 Å². The Morgan fingerprint density at radius 3 is 1.20 bits per heavy atom. The molecule has 0 aliphatic rings. The molecule has 0 nitrogen and oxygen atoms in total. The molecule has 0 saturated heterocycles. The van der Waals surface area contributed by atoms with Crippen molar-refractivity contribution in [1.29, 1.82) is 0 Å². The van der Waals surface area contributed by atoms with Crippen LogP contribution in [0.2, 0.25) is 0 Å². The minimum absolute atomic E-state index is 0. The van der Waals surface area contributed by atoms with Crippen molar-refractivity contribution < 1.29 is 29.5 Å². The molecule has 0 unspecified atom stereocenters. The molecule has 0 amide bonds. The Morgan fingerprint density at radius 1 is 1.20 bits per heavy atom. The van der Waals surface area contributed by atoms with Gasteiger partial charge in [-0.15, -0.1) is 0 Å². The van der Waals surface area contributed by atoms with E-state index in [1.807, 2.05) is 20.3 Å². The van der Waals surface area contributed by atoms with Crippen molar-refractivity contribution in [2.24, 2.45) is 0 Å². The minimum Gasteiger partial charge on any atom is -1.00 e. The Kier molecular flexibility index (Phi) is 72.6. The first kappa shape index (κ1) is 17.0. The first-order valence-corrected chi connectivity index (χ1v) is 1.15. The molecule has 0 N–H and O–H groups in total. The van der Waals surface area contributed by atoms with Crippen molar-refractivity contribution in [3.63, 3.8) is 0 Å². The van der Waals surface area contributed by atoms with Crippen LogP contribution in [0.3, 0.4) is 0 Å². The minimum atomic E-state index is 0. The van der Waals surface area contributed by atoms with Crippen molar-refractivity contribution in [1.82, 2.24) is 0 Å². The number of hydrogen-bond donors (Lipinski definition) is 0. The Hall–Kier alpha value is 0.809. The SMILES string of the molecule is C[CH-]C.[Cl-].[Mn+2]. The molecule has 0 aromatic heterocycles. The maximum atomic E-state index is 2.00. The van der Waals surface area contributed by atoms with Crippen LogP contribution in [0.4, 0.5) is 0 Å². The van der Waals surface area contributed by atoms with Gasteiger partial charge in [0.05, 0.1) is 0 Å². The second-order valence-electron chi connectivity index (χ2n) is 0.577. The summed E-state index contributed by atoms with van der Waals surface area (Å²) in [7, 11) is 0. The van der Waals surface area contributed by atoms with Gasteiger partial charge >= 0.3 is 17.1 Å². The summed E-state index contributed by atoms with van der Waals surface area (Å²) < 4.78 is 0. The summed E-state index contributed by atoms with van der Waals surface area (Å²) in [6.07, 6.45) is 2.00. The van der Waals surface area contributed by atoms with E-state index >= 15 is 0 Å².